The van der Waals surface area contributed by atoms with Gasteiger partial charge in [-0.25, -0.2) is 0 Å². The van der Waals surface area contributed by atoms with E-state index in [1.54, 1.807) is 14.2 Å². The lowest BCUT2D eigenvalue weighted by Crippen LogP contribution is -2.43. The van der Waals surface area contributed by atoms with Crippen molar-refractivity contribution in [2.75, 3.05) is 27.4 Å². The summed E-state index contributed by atoms with van der Waals surface area (Å²) in [7, 11) is 5.23. The molecule has 1 aliphatic rings. The molecule has 0 unspecified atom stereocenters. The van der Waals surface area contributed by atoms with Crippen molar-refractivity contribution in [3.05, 3.63) is 0 Å². The van der Waals surface area contributed by atoms with Gasteiger partial charge in [0.2, 0.25) is 0 Å². The minimum absolute atomic E-state index is 0.0161. The Morgan fingerprint density at radius 3 is 2.57 bits per heavy atom. The third kappa shape index (κ3) is 1.82. The van der Waals surface area contributed by atoms with Gasteiger partial charge in [0, 0.05) is 25.6 Å². The maximum Gasteiger partial charge on any atom is 0.140 e. The molecule has 0 aromatic carbocycles. The lowest BCUT2D eigenvalue weighted by molar-refractivity contribution is -0.0466. The van der Waals surface area contributed by atoms with Crippen LogP contribution in [0.5, 0.6) is 0 Å². The highest BCUT2D eigenvalue weighted by molar-refractivity contribution is 6.11. The van der Waals surface area contributed by atoms with Crippen molar-refractivity contribution in [3.63, 3.8) is 0 Å². The summed E-state index contributed by atoms with van der Waals surface area (Å²) >= 11 is 0. The zero-order valence-corrected chi connectivity index (χ0v) is 9.32. The Labute approximate surface area is 85.9 Å². The van der Waals surface area contributed by atoms with E-state index in [2.05, 4.69) is 0 Å². The Morgan fingerprint density at radius 1 is 1.50 bits per heavy atom. The first-order valence-corrected chi connectivity index (χ1v) is 4.88. The Balaban J connectivity index is 2.77. The fourth-order valence-corrected chi connectivity index (χ4v) is 2.08. The van der Waals surface area contributed by atoms with Crippen molar-refractivity contribution in [1.82, 2.24) is 0 Å². The Hall–Kier alpha value is -0.0951. The first kappa shape index (κ1) is 12.0. The largest absolute Gasteiger partial charge is 0.396 e. The average molecular weight is 202 g/mol. The average Bonchev–Trinajstić information content (AvgIpc) is 2.40. The summed E-state index contributed by atoms with van der Waals surface area (Å²) in [6.45, 7) is 2.53. The molecule has 4 nitrogen and oxygen atoms in total. The van der Waals surface area contributed by atoms with Gasteiger partial charge in [-0.15, -0.1) is 0 Å². The number of ether oxygens (including phenoxy) is 3. The summed E-state index contributed by atoms with van der Waals surface area (Å²) in [5, 5.41) is 9.38. The molecule has 5 heteroatoms. The zero-order valence-electron chi connectivity index (χ0n) is 9.32. The van der Waals surface area contributed by atoms with Crippen LogP contribution in [-0.2, 0) is 14.2 Å². The van der Waals surface area contributed by atoms with Crippen molar-refractivity contribution in [2.24, 2.45) is 5.41 Å². The Morgan fingerprint density at radius 2 is 2.14 bits per heavy atom. The predicted molar refractivity (Wildman–Crippen MR) is 55.1 cm³/mol. The molecule has 1 N–H and O–H groups in total. The molecule has 4 atom stereocenters. The zero-order chi connectivity index (χ0) is 10.8. The molecule has 1 fully saturated rings. The van der Waals surface area contributed by atoms with E-state index in [0.717, 1.165) is 0 Å². The smallest absolute Gasteiger partial charge is 0.140 e. The van der Waals surface area contributed by atoms with E-state index < -0.39 is 0 Å². The van der Waals surface area contributed by atoms with E-state index in [9.17, 15) is 5.11 Å². The second-order valence-corrected chi connectivity index (χ2v) is 4.09. The molecule has 14 heavy (non-hydrogen) atoms. The van der Waals surface area contributed by atoms with E-state index in [1.807, 2.05) is 14.8 Å². The molecule has 82 valence electrons. The fraction of sp³-hybridized carbons (Fsp3) is 1.00. The molecule has 0 spiro atoms. The van der Waals surface area contributed by atoms with Crippen LogP contribution >= 0.6 is 0 Å². The van der Waals surface area contributed by atoms with Gasteiger partial charge in [0.05, 0.1) is 19.3 Å². The topological polar surface area (TPSA) is 47.9 Å². The van der Waals surface area contributed by atoms with Crippen LogP contribution in [0.4, 0.5) is 0 Å². The first-order chi connectivity index (χ1) is 6.60. The van der Waals surface area contributed by atoms with Crippen molar-refractivity contribution in [3.8, 4) is 0 Å². The van der Waals surface area contributed by atoms with Crippen molar-refractivity contribution >= 4 is 7.85 Å². The lowest BCUT2D eigenvalue weighted by atomic mass is 9.72. The van der Waals surface area contributed by atoms with E-state index in [-0.39, 0.29) is 30.2 Å². The predicted octanol–water partition coefficient (Wildman–Crippen LogP) is -0.996. The molecular formula is C9H19BO4. The Bertz CT molecular complexity index is 190. The minimum atomic E-state index is -0.335. The quantitative estimate of drug-likeness (QED) is 0.594. The molecule has 0 radical (unpaired) electrons. The van der Waals surface area contributed by atoms with Gasteiger partial charge in [-0.05, 0) is 0 Å². The number of rotatable bonds is 4. The first-order valence-electron chi connectivity index (χ1n) is 4.88. The fourth-order valence-electron chi connectivity index (χ4n) is 2.08. The van der Waals surface area contributed by atoms with Gasteiger partial charge in [0.1, 0.15) is 14.0 Å². The van der Waals surface area contributed by atoms with Crippen LogP contribution in [0.15, 0.2) is 0 Å². The van der Waals surface area contributed by atoms with Crippen LogP contribution in [-0.4, -0.2) is 58.6 Å². The SMILES string of the molecule is B[C@@H]1O[C@H](COC)[C@@H](OC)[C@@]1(C)CO. The molecule has 0 amide bonds. The molecular weight excluding hydrogens is 183 g/mol. The summed E-state index contributed by atoms with van der Waals surface area (Å²) in [5.74, 6) is 0. The van der Waals surface area contributed by atoms with Crippen LogP contribution in [0.3, 0.4) is 0 Å². The van der Waals surface area contributed by atoms with Gasteiger partial charge in [-0.3, -0.25) is 0 Å². The molecule has 0 saturated carbocycles. The highest BCUT2D eigenvalue weighted by Gasteiger charge is 2.51. The molecule has 1 saturated heterocycles. The second kappa shape index (κ2) is 4.62. The minimum Gasteiger partial charge on any atom is -0.396 e. The molecule has 1 rings (SSSR count). The van der Waals surface area contributed by atoms with Crippen LogP contribution in [0.2, 0.25) is 0 Å². The van der Waals surface area contributed by atoms with Gasteiger partial charge in [0.15, 0.2) is 0 Å². The molecule has 1 heterocycles. The van der Waals surface area contributed by atoms with Gasteiger partial charge in [0.25, 0.3) is 0 Å². The third-order valence-corrected chi connectivity index (χ3v) is 3.22. The van der Waals surface area contributed by atoms with Gasteiger partial charge >= 0.3 is 0 Å². The molecule has 0 aromatic rings. The van der Waals surface area contributed by atoms with Crippen LogP contribution in [0.1, 0.15) is 6.92 Å². The molecule has 1 aliphatic heterocycles. The summed E-state index contributed by atoms with van der Waals surface area (Å²) < 4.78 is 16.1. The summed E-state index contributed by atoms with van der Waals surface area (Å²) in [6, 6.07) is -0.0161. The monoisotopic (exact) mass is 202 g/mol. The van der Waals surface area contributed by atoms with Crippen molar-refractivity contribution < 1.29 is 19.3 Å². The van der Waals surface area contributed by atoms with Crippen molar-refractivity contribution in [2.45, 2.75) is 25.1 Å². The van der Waals surface area contributed by atoms with E-state index in [1.165, 1.54) is 0 Å². The van der Waals surface area contributed by atoms with E-state index >= 15 is 0 Å². The normalized spacial score (nSPS) is 43.0. The summed E-state index contributed by atoms with van der Waals surface area (Å²) in [6.07, 6.45) is -0.195. The second-order valence-electron chi connectivity index (χ2n) is 4.09. The Kier molecular flexibility index (Phi) is 3.95. The van der Waals surface area contributed by atoms with Gasteiger partial charge in [-0.1, -0.05) is 6.92 Å². The molecule has 0 aliphatic carbocycles. The number of aliphatic hydroxyl groups is 1. The summed E-state index contributed by atoms with van der Waals surface area (Å²) in [5.41, 5.74) is -0.335. The van der Waals surface area contributed by atoms with E-state index in [0.29, 0.717) is 6.61 Å². The van der Waals surface area contributed by atoms with Crippen LogP contribution < -0.4 is 0 Å². The number of methoxy groups -OCH3 is 2. The maximum absolute atomic E-state index is 9.38. The van der Waals surface area contributed by atoms with Crippen molar-refractivity contribution in [1.29, 1.82) is 0 Å². The maximum atomic E-state index is 9.38. The highest BCUT2D eigenvalue weighted by atomic mass is 16.6. The van der Waals surface area contributed by atoms with Gasteiger partial charge in [-0.2, -0.15) is 0 Å². The number of aliphatic hydroxyl groups excluding tert-OH is 1. The number of hydrogen-bond acceptors (Lipinski definition) is 4. The third-order valence-electron chi connectivity index (χ3n) is 3.22. The van der Waals surface area contributed by atoms with Crippen LogP contribution in [0, 0.1) is 5.41 Å². The lowest BCUT2D eigenvalue weighted by Gasteiger charge is -2.31. The summed E-state index contributed by atoms with van der Waals surface area (Å²) in [4.78, 5) is 0. The van der Waals surface area contributed by atoms with Gasteiger partial charge < -0.3 is 19.3 Å². The molecule has 0 aromatic heterocycles. The van der Waals surface area contributed by atoms with Crippen LogP contribution in [0.25, 0.3) is 0 Å². The molecule has 0 bridgehead atoms. The highest BCUT2D eigenvalue weighted by Crippen LogP contribution is 2.38. The van der Waals surface area contributed by atoms with E-state index in [4.69, 9.17) is 14.2 Å². The number of hydrogen-bond donors (Lipinski definition) is 1. The standard InChI is InChI=1S/C9H19BO4/c1-9(5-11)7(13-3)6(4-12-2)14-8(9)10/h6-8,11H,4-5,10H2,1-3H3/t6-,7-,8-,9-/m1/s1.